The van der Waals surface area contributed by atoms with Gasteiger partial charge in [0.25, 0.3) is 0 Å². The third-order valence-electron chi connectivity index (χ3n) is 2.30. The quantitative estimate of drug-likeness (QED) is 0.549. The van der Waals surface area contributed by atoms with E-state index in [1.165, 1.54) is 6.54 Å². The summed E-state index contributed by atoms with van der Waals surface area (Å²) in [7, 11) is 0. The van der Waals surface area contributed by atoms with Crippen LogP contribution >= 0.6 is 22.9 Å². The van der Waals surface area contributed by atoms with Crippen molar-refractivity contribution in [2.75, 3.05) is 19.6 Å². The van der Waals surface area contributed by atoms with E-state index in [1.807, 2.05) is 0 Å². The largest absolute Gasteiger partial charge is 0.300 e. The van der Waals surface area contributed by atoms with Crippen molar-refractivity contribution in [3.05, 3.63) is 0 Å². The van der Waals surface area contributed by atoms with E-state index in [-0.39, 0.29) is 0 Å². The minimum atomic E-state index is 0.645. The Hall–Kier alpha value is 0.650. The van der Waals surface area contributed by atoms with E-state index in [1.54, 1.807) is 0 Å². The highest BCUT2D eigenvalue weighted by Crippen LogP contribution is 2.06. The predicted octanol–water partition coefficient (Wildman–Crippen LogP) is 2.78. The number of nitrogens with zero attached hydrogens (tertiary/aromatic N) is 2. The van der Waals surface area contributed by atoms with E-state index >= 15 is 0 Å². The van der Waals surface area contributed by atoms with Crippen molar-refractivity contribution < 1.29 is 0 Å². The van der Waals surface area contributed by atoms with Crippen molar-refractivity contribution in [3.8, 4) is 0 Å². The molecule has 0 saturated heterocycles. The van der Waals surface area contributed by atoms with E-state index in [2.05, 4.69) is 65.5 Å². The van der Waals surface area contributed by atoms with E-state index in [0.717, 1.165) is 13.1 Å². The molecule has 0 amide bonds. The normalized spacial score (nSPS) is 12.5. The van der Waals surface area contributed by atoms with Crippen LogP contribution in [0.25, 0.3) is 0 Å². The Morgan fingerprint density at radius 1 is 1.00 bits per heavy atom. The summed E-state index contributed by atoms with van der Waals surface area (Å²) in [6.45, 7) is 14.7. The molecule has 0 spiro atoms. The van der Waals surface area contributed by atoms with Crippen LogP contribution in [0.2, 0.25) is 0 Å². The maximum absolute atomic E-state index is 2.49. The maximum atomic E-state index is 2.49. The number of likely N-dealkylation sites (N-methyl/N-ethyl adjacent to an activating group) is 1. The molecule has 3 heteroatoms. The Bertz CT molecular complexity index is 126. The second-order valence-corrected chi connectivity index (χ2v) is 5.18. The molecular formula is C10H23IN2. The van der Waals surface area contributed by atoms with Crippen molar-refractivity contribution in [2.24, 2.45) is 0 Å². The molecule has 0 aromatic heterocycles. The Labute approximate surface area is 97.2 Å². The van der Waals surface area contributed by atoms with Crippen LogP contribution in [-0.4, -0.2) is 39.7 Å². The molecule has 0 rings (SSSR count). The van der Waals surface area contributed by atoms with Crippen LogP contribution in [0.3, 0.4) is 0 Å². The van der Waals surface area contributed by atoms with Gasteiger partial charge in [0.2, 0.25) is 0 Å². The van der Waals surface area contributed by atoms with Crippen LogP contribution in [0.15, 0.2) is 0 Å². The number of halogens is 1. The SMILES string of the molecule is CCN(CCN(I)C(C)C)C(C)C. The van der Waals surface area contributed by atoms with Crippen molar-refractivity contribution in [2.45, 2.75) is 46.7 Å². The molecule has 0 aromatic carbocycles. The van der Waals surface area contributed by atoms with Crippen LogP contribution in [0, 0.1) is 0 Å². The minimum absolute atomic E-state index is 0.645. The fraction of sp³-hybridized carbons (Fsp3) is 1.00. The molecule has 0 radical (unpaired) electrons. The molecule has 0 atom stereocenters. The topological polar surface area (TPSA) is 6.48 Å². The first-order valence-corrected chi connectivity index (χ1v) is 6.12. The first-order chi connectivity index (χ1) is 5.99. The summed E-state index contributed by atoms with van der Waals surface area (Å²) in [5, 5.41) is 0. The summed E-state index contributed by atoms with van der Waals surface area (Å²) in [6, 6.07) is 1.31. The number of hydrogen-bond donors (Lipinski definition) is 0. The Morgan fingerprint density at radius 2 is 1.54 bits per heavy atom. The van der Waals surface area contributed by atoms with Gasteiger partial charge in [-0.1, -0.05) is 6.92 Å². The van der Waals surface area contributed by atoms with Gasteiger partial charge in [0.15, 0.2) is 0 Å². The molecule has 0 bridgehead atoms. The van der Waals surface area contributed by atoms with E-state index < -0.39 is 0 Å². The van der Waals surface area contributed by atoms with Gasteiger partial charge < -0.3 is 0 Å². The third kappa shape index (κ3) is 5.86. The summed E-state index contributed by atoms with van der Waals surface area (Å²) in [6.07, 6.45) is 0. The highest BCUT2D eigenvalue weighted by molar-refractivity contribution is 14.1. The average molecular weight is 298 g/mol. The summed E-state index contributed by atoms with van der Waals surface area (Å²) < 4.78 is 2.36. The minimum Gasteiger partial charge on any atom is -0.300 e. The van der Waals surface area contributed by atoms with Crippen molar-refractivity contribution >= 4 is 22.9 Å². The van der Waals surface area contributed by atoms with Gasteiger partial charge in [0.05, 0.1) is 0 Å². The smallest absolute Gasteiger partial charge is 0.0212 e. The summed E-state index contributed by atoms with van der Waals surface area (Å²) >= 11 is 2.41. The molecule has 0 aliphatic carbocycles. The van der Waals surface area contributed by atoms with E-state index in [0.29, 0.717) is 12.1 Å². The first kappa shape index (κ1) is 13.7. The highest BCUT2D eigenvalue weighted by Gasteiger charge is 2.10. The Morgan fingerprint density at radius 3 is 1.85 bits per heavy atom. The molecule has 0 aliphatic rings. The van der Waals surface area contributed by atoms with Crippen molar-refractivity contribution in [1.29, 1.82) is 0 Å². The zero-order valence-electron chi connectivity index (χ0n) is 9.55. The molecular weight excluding hydrogens is 275 g/mol. The Balaban J connectivity index is 3.72. The first-order valence-electron chi connectivity index (χ1n) is 5.15. The van der Waals surface area contributed by atoms with Gasteiger partial charge in [-0.05, 0) is 34.2 Å². The van der Waals surface area contributed by atoms with Crippen LogP contribution in [0.5, 0.6) is 0 Å². The molecule has 2 nitrogen and oxygen atoms in total. The molecule has 0 fully saturated rings. The van der Waals surface area contributed by atoms with Gasteiger partial charge in [-0.3, -0.25) is 4.90 Å². The molecule has 0 unspecified atom stereocenters. The zero-order chi connectivity index (χ0) is 10.4. The molecule has 0 aliphatic heterocycles. The van der Waals surface area contributed by atoms with Gasteiger partial charge in [-0.2, -0.15) is 0 Å². The Kier molecular flexibility index (Phi) is 7.36. The summed E-state index contributed by atoms with van der Waals surface area (Å²) in [4.78, 5) is 2.49. The van der Waals surface area contributed by atoms with Crippen LogP contribution in [0.4, 0.5) is 0 Å². The molecule has 0 saturated carbocycles. The highest BCUT2D eigenvalue weighted by atomic mass is 127. The lowest BCUT2D eigenvalue weighted by Gasteiger charge is -2.27. The van der Waals surface area contributed by atoms with Gasteiger partial charge in [-0.25, -0.2) is 3.11 Å². The lowest BCUT2D eigenvalue weighted by Crippen LogP contribution is -2.37. The lowest BCUT2D eigenvalue weighted by molar-refractivity contribution is 0.217. The van der Waals surface area contributed by atoms with Crippen molar-refractivity contribution in [1.82, 2.24) is 8.01 Å². The molecule has 0 aromatic rings. The molecule has 13 heavy (non-hydrogen) atoms. The second-order valence-electron chi connectivity index (χ2n) is 3.94. The number of rotatable bonds is 6. The van der Waals surface area contributed by atoms with Crippen LogP contribution in [0.1, 0.15) is 34.6 Å². The fourth-order valence-electron chi connectivity index (χ4n) is 1.26. The molecule has 0 N–H and O–H groups in total. The summed E-state index contributed by atoms with van der Waals surface area (Å²) in [5.74, 6) is 0. The fourth-order valence-corrected chi connectivity index (χ4v) is 1.48. The molecule has 0 heterocycles. The predicted molar refractivity (Wildman–Crippen MR) is 68.2 cm³/mol. The standard InChI is InChI=1S/C10H23IN2/c1-6-12(9(2)3)7-8-13(11)10(4)5/h9-10H,6-8H2,1-5H3. The van der Waals surface area contributed by atoms with Gasteiger partial charge in [-0.15, -0.1) is 0 Å². The number of hydrogen-bond acceptors (Lipinski definition) is 2. The monoisotopic (exact) mass is 298 g/mol. The molecule has 80 valence electrons. The third-order valence-corrected chi connectivity index (χ3v) is 3.89. The maximum Gasteiger partial charge on any atom is 0.0212 e. The van der Waals surface area contributed by atoms with Gasteiger partial charge >= 0.3 is 0 Å². The van der Waals surface area contributed by atoms with Gasteiger partial charge in [0, 0.05) is 48.0 Å². The second kappa shape index (κ2) is 7.01. The van der Waals surface area contributed by atoms with Crippen LogP contribution in [-0.2, 0) is 0 Å². The van der Waals surface area contributed by atoms with E-state index in [4.69, 9.17) is 0 Å². The van der Waals surface area contributed by atoms with Crippen LogP contribution < -0.4 is 0 Å². The van der Waals surface area contributed by atoms with E-state index in [9.17, 15) is 0 Å². The van der Waals surface area contributed by atoms with Gasteiger partial charge in [0.1, 0.15) is 0 Å². The zero-order valence-corrected chi connectivity index (χ0v) is 11.7. The van der Waals surface area contributed by atoms with Crippen molar-refractivity contribution in [3.63, 3.8) is 0 Å². The average Bonchev–Trinajstić information content (AvgIpc) is 2.04. The summed E-state index contributed by atoms with van der Waals surface area (Å²) in [5.41, 5.74) is 0. The lowest BCUT2D eigenvalue weighted by atomic mass is 10.3.